The van der Waals surface area contributed by atoms with Crippen LogP contribution in [-0.4, -0.2) is 19.7 Å². The molecule has 2 heteroatoms. The molecule has 0 saturated heterocycles. The molecule has 21 heavy (non-hydrogen) atoms. The number of fused-ring (bicyclic) bond motifs is 2. The van der Waals surface area contributed by atoms with Gasteiger partial charge in [0.15, 0.2) is 0 Å². The minimum absolute atomic E-state index is 0.846. The van der Waals surface area contributed by atoms with Crippen molar-refractivity contribution in [3.05, 3.63) is 59.2 Å². The van der Waals surface area contributed by atoms with Gasteiger partial charge in [-0.2, -0.15) is 0 Å². The molecule has 2 aliphatic rings. The summed E-state index contributed by atoms with van der Waals surface area (Å²) in [4.78, 5) is 2.54. The average Bonchev–Trinajstić information content (AvgIpc) is 3.00. The van der Waals surface area contributed by atoms with Crippen LogP contribution in [0.4, 0.5) is 5.69 Å². The topological polar surface area (TPSA) is 12.5 Å². The summed E-state index contributed by atoms with van der Waals surface area (Å²) >= 11 is 0. The number of hydrogen-bond donors (Lipinski definition) is 0. The molecular formula is C19H21NO. The van der Waals surface area contributed by atoms with Gasteiger partial charge in [0.1, 0.15) is 5.75 Å². The lowest BCUT2D eigenvalue weighted by Gasteiger charge is -2.31. The predicted octanol–water partition coefficient (Wildman–Crippen LogP) is 3.62. The Labute approximate surface area is 126 Å². The van der Waals surface area contributed by atoms with E-state index in [4.69, 9.17) is 4.74 Å². The van der Waals surface area contributed by atoms with Crippen LogP contribution in [0.3, 0.4) is 0 Å². The zero-order valence-electron chi connectivity index (χ0n) is 12.3. The van der Waals surface area contributed by atoms with E-state index in [0.717, 1.165) is 31.7 Å². The molecule has 0 amide bonds. The van der Waals surface area contributed by atoms with Crippen LogP contribution in [0.25, 0.3) is 0 Å². The normalized spacial score (nSPS) is 16.3. The Morgan fingerprint density at radius 2 is 1.95 bits per heavy atom. The number of rotatable bonds is 3. The van der Waals surface area contributed by atoms with Gasteiger partial charge in [-0.1, -0.05) is 30.3 Å². The SMILES string of the molecule is c1ccc2c(c1)CCCN2CCc1ccc2c(c1)CCO2. The standard InChI is InChI=1S/C19H21NO/c1-2-6-18-16(4-1)5-3-11-20(18)12-9-15-7-8-19-17(14-15)10-13-21-19/h1-2,4,6-8,14H,3,5,9-13H2. The predicted molar refractivity (Wildman–Crippen MR) is 86.3 cm³/mol. The Hall–Kier alpha value is -1.96. The molecule has 2 aliphatic heterocycles. The Kier molecular flexibility index (Phi) is 3.30. The molecule has 0 bridgehead atoms. The molecule has 4 rings (SSSR count). The number of hydrogen-bond acceptors (Lipinski definition) is 2. The van der Waals surface area contributed by atoms with Gasteiger partial charge >= 0.3 is 0 Å². The quantitative estimate of drug-likeness (QED) is 0.851. The van der Waals surface area contributed by atoms with Gasteiger partial charge < -0.3 is 9.64 Å². The lowest BCUT2D eigenvalue weighted by molar-refractivity contribution is 0.357. The summed E-state index contributed by atoms with van der Waals surface area (Å²) in [5.74, 6) is 1.09. The van der Waals surface area contributed by atoms with E-state index in [-0.39, 0.29) is 0 Å². The summed E-state index contributed by atoms with van der Waals surface area (Å²) in [7, 11) is 0. The van der Waals surface area contributed by atoms with Crippen LogP contribution in [-0.2, 0) is 19.3 Å². The lowest BCUT2D eigenvalue weighted by Crippen LogP contribution is -2.31. The second kappa shape index (κ2) is 5.44. The van der Waals surface area contributed by atoms with Crippen LogP contribution >= 0.6 is 0 Å². The van der Waals surface area contributed by atoms with Crippen molar-refractivity contribution in [3.8, 4) is 5.75 Å². The van der Waals surface area contributed by atoms with Gasteiger partial charge in [-0.15, -0.1) is 0 Å². The van der Waals surface area contributed by atoms with Gasteiger partial charge in [-0.3, -0.25) is 0 Å². The summed E-state index contributed by atoms with van der Waals surface area (Å²) < 4.78 is 5.58. The summed E-state index contributed by atoms with van der Waals surface area (Å²) in [6.07, 6.45) is 4.68. The molecule has 0 radical (unpaired) electrons. The minimum atomic E-state index is 0.846. The minimum Gasteiger partial charge on any atom is -0.493 e. The zero-order chi connectivity index (χ0) is 14.1. The number of anilines is 1. The number of nitrogens with zero attached hydrogens (tertiary/aromatic N) is 1. The van der Waals surface area contributed by atoms with Crippen molar-refractivity contribution in [1.82, 2.24) is 0 Å². The molecule has 0 unspecified atom stereocenters. The Bertz CT molecular complexity index is 650. The van der Waals surface area contributed by atoms with E-state index in [1.54, 1.807) is 0 Å². The third kappa shape index (κ3) is 2.51. The third-order valence-electron chi connectivity index (χ3n) is 4.63. The van der Waals surface area contributed by atoms with E-state index in [9.17, 15) is 0 Å². The smallest absolute Gasteiger partial charge is 0.122 e. The molecule has 2 aromatic carbocycles. The fourth-order valence-corrected chi connectivity index (χ4v) is 3.50. The Morgan fingerprint density at radius 3 is 2.95 bits per heavy atom. The molecule has 2 aromatic rings. The highest BCUT2D eigenvalue weighted by molar-refractivity contribution is 5.55. The highest BCUT2D eigenvalue weighted by atomic mass is 16.5. The van der Waals surface area contributed by atoms with Gasteiger partial charge in [0.05, 0.1) is 6.61 Å². The molecule has 0 saturated carbocycles. The van der Waals surface area contributed by atoms with Crippen molar-refractivity contribution >= 4 is 5.69 Å². The molecule has 2 heterocycles. The van der Waals surface area contributed by atoms with Crippen LogP contribution < -0.4 is 9.64 Å². The van der Waals surface area contributed by atoms with Crippen molar-refractivity contribution in [3.63, 3.8) is 0 Å². The molecule has 0 spiro atoms. The van der Waals surface area contributed by atoms with Crippen LogP contribution in [0.2, 0.25) is 0 Å². The van der Waals surface area contributed by atoms with Crippen molar-refractivity contribution in [2.45, 2.75) is 25.7 Å². The largest absolute Gasteiger partial charge is 0.493 e. The highest BCUT2D eigenvalue weighted by Crippen LogP contribution is 2.28. The fraction of sp³-hybridized carbons (Fsp3) is 0.368. The van der Waals surface area contributed by atoms with E-state index in [0.29, 0.717) is 0 Å². The van der Waals surface area contributed by atoms with E-state index >= 15 is 0 Å². The molecule has 0 aliphatic carbocycles. The first-order chi connectivity index (χ1) is 10.4. The summed E-state index contributed by atoms with van der Waals surface area (Å²) in [6.45, 7) is 3.14. The first-order valence-electron chi connectivity index (χ1n) is 7.97. The second-order valence-electron chi connectivity index (χ2n) is 6.01. The number of benzene rings is 2. The molecule has 0 N–H and O–H groups in total. The number of aryl methyl sites for hydroxylation is 1. The second-order valence-corrected chi connectivity index (χ2v) is 6.01. The number of ether oxygens (including phenoxy) is 1. The van der Waals surface area contributed by atoms with Gasteiger partial charge in [0, 0.05) is 25.2 Å². The lowest BCUT2D eigenvalue weighted by atomic mass is 10.0. The van der Waals surface area contributed by atoms with Crippen molar-refractivity contribution < 1.29 is 4.74 Å². The van der Waals surface area contributed by atoms with E-state index in [1.807, 2.05) is 0 Å². The van der Waals surface area contributed by atoms with Gasteiger partial charge in [0.25, 0.3) is 0 Å². The highest BCUT2D eigenvalue weighted by Gasteiger charge is 2.16. The van der Waals surface area contributed by atoms with E-state index < -0.39 is 0 Å². The maximum Gasteiger partial charge on any atom is 0.122 e. The monoisotopic (exact) mass is 279 g/mol. The maximum atomic E-state index is 5.58. The summed E-state index contributed by atoms with van der Waals surface area (Å²) in [6, 6.07) is 15.5. The van der Waals surface area contributed by atoms with Crippen molar-refractivity contribution in [2.24, 2.45) is 0 Å². The summed E-state index contributed by atoms with van der Waals surface area (Å²) in [5.41, 5.74) is 5.76. The molecule has 0 atom stereocenters. The molecule has 0 fully saturated rings. The van der Waals surface area contributed by atoms with Gasteiger partial charge in [0.2, 0.25) is 0 Å². The molecule has 2 nitrogen and oxygen atoms in total. The van der Waals surface area contributed by atoms with Crippen molar-refractivity contribution in [1.29, 1.82) is 0 Å². The van der Waals surface area contributed by atoms with E-state index in [2.05, 4.69) is 47.4 Å². The first-order valence-corrected chi connectivity index (χ1v) is 7.97. The van der Waals surface area contributed by atoms with Crippen LogP contribution in [0.1, 0.15) is 23.1 Å². The Balaban J connectivity index is 1.48. The maximum absolute atomic E-state index is 5.58. The molecular weight excluding hydrogens is 258 g/mol. The van der Waals surface area contributed by atoms with Crippen molar-refractivity contribution in [2.75, 3.05) is 24.6 Å². The number of para-hydroxylation sites is 1. The van der Waals surface area contributed by atoms with Crippen LogP contribution in [0.5, 0.6) is 5.75 Å². The van der Waals surface area contributed by atoms with Gasteiger partial charge in [-0.25, -0.2) is 0 Å². The van der Waals surface area contributed by atoms with E-state index in [1.165, 1.54) is 41.8 Å². The molecule has 108 valence electrons. The fourth-order valence-electron chi connectivity index (χ4n) is 3.50. The molecule has 0 aromatic heterocycles. The zero-order valence-corrected chi connectivity index (χ0v) is 12.3. The average molecular weight is 279 g/mol. The third-order valence-corrected chi connectivity index (χ3v) is 4.63. The van der Waals surface area contributed by atoms with Crippen LogP contribution in [0.15, 0.2) is 42.5 Å². The Morgan fingerprint density at radius 1 is 1.00 bits per heavy atom. The summed E-state index contributed by atoms with van der Waals surface area (Å²) in [5, 5.41) is 0. The van der Waals surface area contributed by atoms with Crippen LogP contribution in [0, 0.1) is 0 Å². The first kappa shape index (κ1) is 12.8. The van der Waals surface area contributed by atoms with Gasteiger partial charge in [-0.05, 0) is 48.1 Å².